The summed E-state index contributed by atoms with van der Waals surface area (Å²) in [6.45, 7) is 4.12. The quantitative estimate of drug-likeness (QED) is 0.432. The molecule has 1 nitrogen and oxygen atoms in total. The van der Waals surface area contributed by atoms with E-state index in [1.807, 2.05) is 12.1 Å². The Bertz CT molecular complexity index is 612. The second-order valence-corrected chi connectivity index (χ2v) is 9.17. The third-order valence-electron chi connectivity index (χ3n) is 2.97. The van der Waals surface area contributed by atoms with Crippen LogP contribution in [0.3, 0.4) is 0 Å². The highest BCUT2D eigenvalue weighted by Gasteiger charge is 2.07. The number of hydrogen-bond acceptors (Lipinski definition) is 1. The van der Waals surface area contributed by atoms with Gasteiger partial charge < -0.3 is 5.11 Å². The van der Waals surface area contributed by atoms with Gasteiger partial charge in [-0.3, -0.25) is 0 Å². The van der Waals surface area contributed by atoms with Crippen LogP contribution in [-0.2, 0) is 6.42 Å². The topological polar surface area (TPSA) is 20.2 Å². The number of allylic oxidation sites excluding steroid dienone is 1. The van der Waals surface area contributed by atoms with Gasteiger partial charge in [0.15, 0.2) is 0 Å². The molecule has 2 aromatic carbocycles. The van der Waals surface area contributed by atoms with E-state index in [-0.39, 0.29) is 0 Å². The van der Waals surface area contributed by atoms with E-state index in [4.69, 9.17) is 0 Å². The number of halogens is 2. The minimum absolute atomic E-state index is 0.335. The average Bonchev–Trinajstić information content (AvgIpc) is 2.47. The minimum Gasteiger partial charge on any atom is -0.507 e. The molecule has 0 radical (unpaired) electrons. The molecule has 5 heteroatoms. The van der Waals surface area contributed by atoms with Crippen molar-refractivity contribution in [2.24, 2.45) is 0 Å². The standard InChI is InChI=1S/C15H14I2OP2/c1-10(8-11-2-4-12(19-16)5-3-11)14-7-6-13(20-17)9-15(14)18/h2-7,9,18-20H,1,8H2. The first-order valence-electron chi connectivity index (χ1n) is 5.97. The van der Waals surface area contributed by atoms with E-state index in [9.17, 15) is 5.11 Å². The van der Waals surface area contributed by atoms with Gasteiger partial charge in [-0.15, -0.1) is 0 Å². The molecule has 0 saturated carbocycles. The van der Waals surface area contributed by atoms with Crippen LogP contribution in [0.2, 0.25) is 0 Å². The highest BCUT2D eigenvalue weighted by molar-refractivity contribution is 14.2. The highest BCUT2D eigenvalue weighted by atomic mass is 127. The second-order valence-electron chi connectivity index (χ2n) is 4.40. The van der Waals surface area contributed by atoms with Crippen LogP contribution in [0.15, 0.2) is 49.0 Å². The van der Waals surface area contributed by atoms with Gasteiger partial charge in [-0.05, 0) is 46.7 Å². The molecule has 0 bridgehead atoms. The van der Waals surface area contributed by atoms with E-state index in [1.54, 1.807) is 0 Å². The van der Waals surface area contributed by atoms with E-state index in [2.05, 4.69) is 81.0 Å². The van der Waals surface area contributed by atoms with Crippen molar-refractivity contribution in [1.29, 1.82) is 0 Å². The Morgan fingerprint density at radius 2 is 1.60 bits per heavy atom. The van der Waals surface area contributed by atoms with Gasteiger partial charge in [0.2, 0.25) is 0 Å². The van der Waals surface area contributed by atoms with Gasteiger partial charge in [-0.2, -0.15) is 0 Å². The molecule has 0 aliphatic heterocycles. The first kappa shape index (κ1) is 16.7. The summed E-state index contributed by atoms with van der Waals surface area (Å²) in [7, 11) is 0. The second kappa shape index (κ2) is 8.07. The lowest BCUT2D eigenvalue weighted by Gasteiger charge is -2.10. The first-order valence-corrected chi connectivity index (χ1v) is 14.2. The van der Waals surface area contributed by atoms with Crippen molar-refractivity contribution in [2.75, 3.05) is 0 Å². The van der Waals surface area contributed by atoms with Gasteiger partial charge in [0.25, 0.3) is 0 Å². The van der Waals surface area contributed by atoms with Gasteiger partial charge >= 0.3 is 0 Å². The Hall–Kier alpha value is 0.300. The Labute approximate surface area is 149 Å². The fourth-order valence-electron chi connectivity index (χ4n) is 1.92. The van der Waals surface area contributed by atoms with Gasteiger partial charge in [0.05, 0.1) is 0 Å². The Morgan fingerprint density at radius 3 is 2.15 bits per heavy atom. The van der Waals surface area contributed by atoms with Crippen molar-refractivity contribution in [3.05, 3.63) is 60.2 Å². The lowest BCUT2D eigenvalue weighted by atomic mass is 9.99. The molecular formula is C15H14I2OP2. The molecule has 0 aromatic heterocycles. The Kier molecular flexibility index (Phi) is 6.73. The molecule has 0 aliphatic rings. The molecule has 2 aromatic rings. The summed E-state index contributed by atoms with van der Waals surface area (Å²) < 4.78 is 0. The number of hydrogen-bond donors (Lipinski definition) is 1. The van der Waals surface area contributed by atoms with Crippen molar-refractivity contribution in [2.45, 2.75) is 6.42 Å². The molecular weight excluding hydrogens is 512 g/mol. The zero-order chi connectivity index (χ0) is 14.5. The third-order valence-corrected chi connectivity index (χ3v) is 7.79. The van der Waals surface area contributed by atoms with Crippen LogP contribution in [-0.4, -0.2) is 5.11 Å². The predicted molar refractivity (Wildman–Crippen MR) is 111 cm³/mol. The number of benzene rings is 2. The van der Waals surface area contributed by atoms with E-state index in [1.165, 1.54) is 10.9 Å². The van der Waals surface area contributed by atoms with E-state index in [0.717, 1.165) is 29.1 Å². The SMILES string of the molecule is C=C(Cc1ccc(PI)cc1)c1ccc(PI)cc1O. The van der Waals surface area contributed by atoms with Crippen molar-refractivity contribution in [3.8, 4) is 5.75 Å². The number of phenolic OH excluding ortho intramolecular Hbond substituents is 1. The Morgan fingerprint density at radius 1 is 1.00 bits per heavy atom. The fourth-order valence-corrected chi connectivity index (χ4v) is 4.63. The highest BCUT2D eigenvalue weighted by Crippen LogP contribution is 2.29. The summed E-state index contributed by atoms with van der Waals surface area (Å²) in [4.78, 5) is 0. The van der Waals surface area contributed by atoms with Crippen LogP contribution in [0.4, 0.5) is 0 Å². The van der Waals surface area contributed by atoms with E-state index < -0.39 is 0 Å². The van der Waals surface area contributed by atoms with E-state index >= 15 is 0 Å². The normalized spacial score (nSPS) is 11.7. The molecule has 0 amide bonds. The lowest BCUT2D eigenvalue weighted by Crippen LogP contribution is -1.97. The summed E-state index contributed by atoms with van der Waals surface area (Å²) in [5.74, 6) is 0.335. The third kappa shape index (κ3) is 4.40. The molecule has 0 aliphatic carbocycles. The monoisotopic (exact) mass is 526 g/mol. The maximum Gasteiger partial charge on any atom is 0.123 e. The molecule has 0 saturated heterocycles. The van der Waals surface area contributed by atoms with Crippen molar-refractivity contribution < 1.29 is 5.11 Å². The van der Waals surface area contributed by atoms with Crippen LogP contribution in [0, 0.1) is 0 Å². The molecule has 1 N–H and O–H groups in total. The van der Waals surface area contributed by atoms with Crippen molar-refractivity contribution in [3.63, 3.8) is 0 Å². The van der Waals surface area contributed by atoms with Crippen LogP contribution in [0.25, 0.3) is 5.57 Å². The molecule has 20 heavy (non-hydrogen) atoms. The molecule has 2 rings (SSSR count). The molecule has 104 valence electrons. The molecule has 0 fully saturated rings. The maximum atomic E-state index is 10.1. The fraction of sp³-hybridized carbons (Fsp3) is 0.0667. The smallest absolute Gasteiger partial charge is 0.123 e. The van der Waals surface area contributed by atoms with Gasteiger partial charge in [-0.25, -0.2) is 0 Å². The minimum atomic E-state index is 0.335. The zero-order valence-electron chi connectivity index (χ0n) is 10.7. The van der Waals surface area contributed by atoms with Gasteiger partial charge in [0.1, 0.15) is 5.75 Å². The first-order chi connectivity index (χ1) is 9.63. The number of aromatic hydroxyl groups is 1. The summed E-state index contributed by atoms with van der Waals surface area (Å²) in [6, 6.07) is 14.5. The van der Waals surface area contributed by atoms with Crippen molar-refractivity contribution in [1.82, 2.24) is 0 Å². The molecule has 2 unspecified atom stereocenters. The van der Waals surface area contributed by atoms with Crippen LogP contribution in [0.1, 0.15) is 11.1 Å². The van der Waals surface area contributed by atoms with Crippen LogP contribution < -0.4 is 10.6 Å². The summed E-state index contributed by atoms with van der Waals surface area (Å²) in [5, 5.41) is 12.6. The molecule has 0 heterocycles. The Balaban J connectivity index is 2.14. The van der Waals surface area contributed by atoms with Crippen LogP contribution in [0.5, 0.6) is 5.75 Å². The summed E-state index contributed by atoms with van der Waals surface area (Å²) in [6.07, 6.45) is 2.24. The zero-order valence-corrected chi connectivity index (χ0v) is 17.0. The summed E-state index contributed by atoms with van der Waals surface area (Å²) in [5.41, 5.74) is 3.03. The summed E-state index contributed by atoms with van der Waals surface area (Å²) >= 11 is 4.71. The predicted octanol–water partition coefficient (Wildman–Crippen LogP) is 4.96. The molecule has 0 spiro atoms. The van der Waals surface area contributed by atoms with Gasteiger partial charge in [0, 0.05) is 5.56 Å². The number of phenols is 1. The van der Waals surface area contributed by atoms with Crippen LogP contribution >= 0.6 is 56.5 Å². The molecule has 2 atom stereocenters. The van der Waals surface area contributed by atoms with Gasteiger partial charge in [-0.1, -0.05) is 87.1 Å². The van der Waals surface area contributed by atoms with E-state index in [0.29, 0.717) is 12.0 Å². The van der Waals surface area contributed by atoms with Crippen molar-refractivity contribution >= 4 is 72.7 Å². The maximum absolute atomic E-state index is 10.1. The largest absolute Gasteiger partial charge is 0.507 e. The average molecular weight is 526 g/mol. The lowest BCUT2D eigenvalue weighted by molar-refractivity contribution is 0.474. The number of rotatable bonds is 5.